The Morgan fingerprint density at radius 2 is 2.00 bits per heavy atom. The lowest BCUT2D eigenvalue weighted by atomic mass is 10.2. The summed E-state index contributed by atoms with van der Waals surface area (Å²) in [5, 5.41) is 12.3. The molecule has 5 heteroatoms. The van der Waals surface area contributed by atoms with Gasteiger partial charge >= 0.3 is 0 Å². The molecule has 1 heterocycles. The molecule has 0 aliphatic rings. The summed E-state index contributed by atoms with van der Waals surface area (Å²) < 4.78 is 0. The van der Waals surface area contributed by atoms with E-state index in [1.165, 1.54) is 0 Å². The van der Waals surface area contributed by atoms with Crippen LogP contribution in [0.5, 0.6) is 0 Å². The van der Waals surface area contributed by atoms with Crippen molar-refractivity contribution in [2.24, 2.45) is 5.92 Å². The Morgan fingerprint density at radius 3 is 2.50 bits per heavy atom. The molecule has 1 atom stereocenters. The van der Waals surface area contributed by atoms with Gasteiger partial charge in [-0.2, -0.15) is 5.26 Å². The highest BCUT2D eigenvalue weighted by atomic mass is 15.2. The first-order valence-electron chi connectivity index (χ1n) is 7.33. The van der Waals surface area contributed by atoms with Gasteiger partial charge in [0.2, 0.25) is 0 Å². The molecule has 0 bridgehead atoms. The average Bonchev–Trinajstić information content (AvgIpc) is 2.47. The van der Waals surface area contributed by atoms with Gasteiger partial charge in [0.05, 0.1) is 12.0 Å². The zero-order valence-electron chi connectivity index (χ0n) is 13.2. The van der Waals surface area contributed by atoms with Crippen LogP contribution in [0.3, 0.4) is 0 Å². The van der Waals surface area contributed by atoms with Crippen LogP contribution in [0, 0.1) is 24.2 Å². The second-order valence-corrected chi connectivity index (χ2v) is 4.89. The summed E-state index contributed by atoms with van der Waals surface area (Å²) in [6.07, 6.45) is 0.803. The Kier molecular flexibility index (Phi) is 6.23. The van der Waals surface area contributed by atoms with Crippen LogP contribution in [-0.2, 0) is 6.42 Å². The fourth-order valence-electron chi connectivity index (χ4n) is 2.09. The molecular weight excluding hydrogens is 250 g/mol. The normalized spacial score (nSPS) is 11.8. The van der Waals surface area contributed by atoms with Crippen molar-refractivity contribution in [2.75, 3.05) is 29.9 Å². The highest BCUT2D eigenvalue weighted by Gasteiger charge is 2.17. The maximum atomic E-state index is 9.01. The topological polar surface area (TPSA) is 64.8 Å². The van der Waals surface area contributed by atoms with E-state index < -0.39 is 0 Å². The first kappa shape index (κ1) is 16.2. The Hall–Kier alpha value is -1.83. The number of nitrogens with one attached hydrogen (secondary N) is 1. The molecule has 1 rings (SSSR count). The Labute approximate surface area is 122 Å². The molecule has 0 saturated heterocycles. The van der Waals surface area contributed by atoms with Crippen LogP contribution in [-0.4, -0.2) is 29.6 Å². The van der Waals surface area contributed by atoms with Crippen LogP contribution < -0.4 is 10.2 Å². The molecule has 1 aromatic heterocycles. The van der Waals surface area contributed by atoms with E-state index in [4.69, 9.17) is 5.26 Å². The van der Waals surface area contributed by atoms with E-state index in [9.17, 15) is 0 Å². The molecule has 0 spiro atoms. The third-order valence-electron chi connectivity index (χ3n) is 3.22. The van der Waals surface area contributed by atoms with Gasteiger partial charge in [0, 0.05) is 31.6 Å². The van der Waals surface area contributed by atoms with Crippen molar-refractivity contribution >= 4 is 11.6 Å². The third kappa shape index (κ3) is 3.83. The Balaban J connectivity index is 3.19. The first-order valence-corrected chi connectivity index (χ1v) is 7.33. The lowest BCUT2D eigenvalue weighted by Gasteiger charge is -2.26. The van der Waals surface area contributed by atoms with Gasteiger partial charge in [0.15, 0.2) is 0 Å². The maximum absolute atomic E-state index is 9.01. The van der Waals surface area contributed by atoms with Crippen molar-refractivity contribution in [3.05, 3.63) is 11.4 Å². The van der Waals surface area contributed by atoms with Gasteiger partial charge in [-0.25, -0.2) is 9.97 Å². The summed E-state index contributed by atoms with van der Waals surface area (Å²) in [5.41, 5.74) is 1.05. The molecular formula is C15H25N5. The second kappa shape index (κ2) is 7.68. The lowest BCUT2D eigenvalue weighted by Crippen LogP contribution is -2.30. The van der Waals surface area contributed by atoms with E-state index in [2.05, 4.69) is 47.0 Å². The fraction of sp³-hybridized carbons (Fsp3) is 0.667. The number of aromatic nitrogens is 2. The minimum Gasteiger partial charge on any atom is -0.370 e. The van der Waals surface area contributed by atoms with Crippen LogP contribution in [0.25, 0.3) is 0 Å². The van der Waals surface area contributed by atoms with Crippen molar-refractivity contribution in [3.63, 3.8) is 0 Å². The lowest BCUT2D eigenvalue weighted by molar-refractivity contribution is 0.674. The summed E-state index contributed by atoms with van der Waals surface area (Å²) in [7, 11) is 0. The van der Waals surface area contributed by atoms with Gasteiger partial charge in [-0.05, 0) is 27.7 Å². The molecule has 0 amide bonds. The molecule has 1 aromatic rings. The van der Waals surface area contributed by atoms with E-state index in [-0.39, 0.29) is 5.92 Å². The average molecular weight is 275 g/mol. The molecule has 5 nitrogen and oxygen atoms in total. The zero-order chi connectivity index (χ0) is 15.1. The molecule has 0 radical (unpaired) electrons. The molecule has 0 saturated carbocycles. The van der Waals surface area contributed by atoms with Gasteiger partial charge in [-0.15, -0.1) is 0 Å². The van der Waals surface area contributed by atoms with Crippen molar-refractivity contribution in [1.82, 2.24) is 9.97 Å². The molecule has 0 aliphatic heterocycles. The number of nitrogens with zero attached hydrogens (tertiary/aromatic N) is 4. The van der Waals surface area contributed by atoms with Gasteiger partial charge < -0.3 is 10.2 Å². The van der Waals surface area contributed by atoms with E-state index in [1.807, 2.05) is 13.8 Å². The van der Waals surface area contributed by atoms with Crippen LogP contribution in [0.15, 0.2) is 0 Å². The molecule has 1 N–H and O–H groups in total. The third-order valence-corrected chi connectivity index (χ3v) is 3.22. The molecule has 110 valence electrons. The molecule has 0 aromatic carbocycles. The maximum Gasteiger partial charge on any atom is 0.137 e. The fourth-order valence-corrected chi connectivity index (χ4v) is 2.09. The number of hydrogen-bond acceptors (Lipinski definition) is 5. The molecule has 0 aliphatic carbocycles. The number of anilines is 2. The highest BCUT2D eigenvalue weighted by Crippen LogP contribution is 2.24. The van der Waals surface area contributed by atoms with E-state index in [1.54, 1.807) is 0 Å². The number of hydrogen-bond donors (Lipinski definition) is 1. The quantitative estimate of drug-likeness (QED) is 0.829. The predicted octanol–water partition coefficient (Wildman–Crippen LogP) is 2.77. The number of rotatable bonds is 7. The minimum absolute atomic E-state index is 0.0167. The Morgan fingerprint density at radius 1 is 1.30 bits per heavy atom. The Bertz CT molecular complexity index is 478. The van der Waals surface area contributed by atoms with Gasteiger partial charge in [0.1, 0.15) is 17.5 Å². The summed E-state index contributed by atoms with van der Waals surface area (Å²) in [5.74, 6) is 2.66. The highest BCUT2D eigenvalue weighted by molar-refractivity contribution is 5.58. The van der Waals surface area contributed by atoms with Crippen LogP contribution >= 0.6 is 0 Å². The minimum atomic E-state index is -0.0167. The van der Waals surface area contributed by atoms with Crippen LogP contribution in [0.1, 0.15) is 39.1 Å². The second-order valence-electron chi connectivity index (χ2n) is 4.89. The largest absolute Gasteiger partial charge is 0.370 e. The van der Waals surface area contributed by atoms with Gasteiger partial charge in [-0.3, -0.25) is 0 Å². The van der Waals surface area contributed by atoms with E-state index >= 15 is 0 Å². The molecule has 1 unspecified atom stereocenters. The van der Waals surface area contributed by atoms with Crippen molar-refractivity contribution in [3.8, 4) is 6.07 Å². The SMILES string of the molecule is CCNc1nc(CC)nc(N(CC)CC(C)C#N)c1C. The van der Waals surface area contributed by atoms with E-state index in [0.29, 0.717) is 6.54 Å². The van der Waals surface area contributed by atoms with E-state index in [0.717, 1.165) is 42.5 Å². The zero-order valence-corrected chi connectivity index (χ0v) is 13.2. The summed E-state index contributed by atoms with van der Waals surface area (Å²) in [4.78, 5) is 11.4. The molecule has 20 heavy (non-hydrogen) atoms. The van der Waals surface area contributed by atoms with Crippen molar-refractivity contribution in [2.45, 2.75) is 41.0 Å². The summed E-state index contributed by atoms with van der Waals surface area (Å²) in [6.45, 7) is 12.5. The van der Waals surface area contributed by atoms with Gasteiger partial charge in [-0.1, -0.05) is 6.92 Å². The van der Waals surface area contributed by atoms with Crippen LogP contribution in [0.4, 0.5) is 11.6 Å². The van der Waals surface area contributed by atoms with Crippen LogP contribution in [0.2, 0.25) is 0 Å². The molecule has 0 fully saturated rings. The first-order chi connectivity index (χ1) is 9.57. The predicted molar refractivity (Wildman–Crippen MR) is 83.0 cm³/mol. The smallest absolute Gasteiger partial charge is 0.137 e. The number of nitriles is 1. The summed E-state index contributed by atoms with van der Waals surface area (Å²) >= 11 is 0. The van der Waals surface area contributed by atoms with Gasteiger partial charge in [0.25, 0.3) is 0 Å². The van der Waals surface area contributed by atoms with Crippen molar-refractivity contribution < 1.29 is 0 Å². The monoisotopic (exact) mass is 275 g/mol. The summed E-state index contributed by atoms with van der Waals surface area (Å²) in [6, 6.07) is 2.29. The number of aryl methyl sites for hydroxylation is 1. The van der Waals surface area contributed by atoms with Crippen molar-refractivity contribution in [1.29, 1.82) is 5.26 Å². The standard InChI is InChI=1S/C15H25N5/c1-6-13-18-14(17-7-2)12(5)15(19-13)20(8-3)10-11(4)9-16/h11H,6-8,10H2,1-5H3,(H,17,18,19).